The van der Waals surface area contributed by atoms with Gasteiger partial charge >= 0.3 is 0 Å². The fourth-order valence-corrected chi connectivity index (χ4v) is 2.45. The number of aliphatic hydroxyl groups excluding tert-OH is 1. The molecule has 0 aliphatic carbocycles. The van der Waals surface area contributed by atoms with E-state index in [-0.39, 0.29) is 17.9 Å². The Balaban J connectivity index is 2.02. The normalized spacial score (nSPS) is 22.4. The Labute approximate surface area is 97.9 Å². The molecule has 1 aromatic rings. The molecule has 1 aliphatic rings. The molecule has 3 N–H and O–H groups in total. The number of nitrogen functional groups attached to an aromatic ring is 1. The maximum Gasteiger partial charge on any atom is 0.273 e. The standard InChI is InChI=1S/C10H15N3O2S/c1-6(14)7-2-3-13(4-7)9(15)8-5-16-10(11)12-8/h5-7,14H,2-4H2,1H3,(H2,11,12). The predicted molar refractivity (Wildman–Crippen MR) is 62.2 cm³/mol. The first kappa shape index (κ1) is 11.3. The van der Waals surface area contributed by atoms with Crippen molar-refractivity contribution >= 4 is 22.4 Å². The highest BCUT2D eigenvalue weighted by Crippen LogP contribution is 2.22. The number of rotatable bonds is 2. The Morgan fingerprint density at radius 2 is 2.56 bits per heavy atom. The molecule has 88 valence electrons. The average Bonchev–Trinajstić information content (AvgIpc) is 2.84. The van der Waals surface area contributed by atoms with Crippen molar-refractivity contribution in [2.75, 3.05) is 18.8 Å². The number of amides is 1. The van der Waals surface area contributed by atoms with E-state index in [2.05, 4.69) is 4.98 Å². The number of likely N-dealkylation sites (tertiary alicyclic amines) is 1. The molecule has 1 amide bonds. The molecule has 0 bridgehead atoms. The quantitative estimate of drug-likeness (QED) is 0.793. The maximum absolute atomic E-state index is 12.0. The monoisotopic (exact) mass is 241 g/mol. The van der Waals surface area contributed by atoms with Gasteiger partial charge in [-0.2, -0.15) is 0 Å². The Morgan fingerprint density at radius 3 is 3.06 bits per heavy atom. The van der Waals surface area contributed by atoms with Gasteiger partial charge in [0.25, 0.3) is 5.91 Å². The number of carbonyl (C=O) groups is 1. The Kier molecular flexibility index (Phi) is 3.11. The number of anilines is 1. The first-order valence-electron chi connectivity index (χ1n) is 5.26. The number of hydrogen-bond donors (Lipinski definition) is 2. The molecule has 0 saturated carbocycles. The van der Waals surface area contributed by atoms with Gasteiger partial charge in [-0.25, -0.2) is 4.98 Å². The number of hydrogen-bond acceptors (Lipinski definition) is 5. The zero-order chi connectivity index (χ0) is 11.7. The highest BCUT2D eigenvalue weighted by molar-refractivity contribution is 7.13. The molecule has 5 nitrogen and oxygen atoms in total. The second kappa shape index (κ2) is 4.39. The van der Waals surface area contributed by atoms with Crippen molar-refractivity contribution in [3.8, 4) is 0 Å². The lowest BCUT2D eigenvalue weighted by atomic mass is 10.0. The minimum Gasteiger partial charge on any atom is -0.393 e. The summed E-state index contributed by atoms with van der Waals surface area (Å²) in [5.74, 6) is 0.0935. The largest absolute Gasteiger partial charge is 0.393 e. The Bertz CT molecular complexity index is 391. The molecular formula is C10H15N3O2S. The summed E-state index contributed by atoms with van der Waals surface area (Å²) in [6.45, 7) is 3.05. The van der Waals surface area contributed by atoms with Crippen molar-refractivity contribution in [2.45, 2.75) is 19.4 Å². The second-order valence-electron chi connectivity index (χ2n) is 4.11. The van der Waals surface area contributed by atoms with Crippen LogP contribution >= 0.6 is 11.3 Å². The van der Waals surface area contributed by atoms with E-state index in [1.165, 1.54) is 11.3 Å². The van der Waals surface area contributed by atoms with Crippen LogP contribution in [0.4, 0.5) is 5.13 Å². The fourth-order valence-electron chi connectivity index (χ4n) is 1.91. The van der Waals surface area contributed by atoms with Crippen LogP contribution in [0, 0.1) is 5.92 Å². The maximum atomic E-state index is 12.0. The van der Waals surface area contributed by atoms with Crippen LogP contribution in [0.25, 0.3) is 0 Å². The van der Waals surface area contributed by atoms with Gasteiger partial charge in [0.2, 0.25) is 0 Å². The van der Waals surface area contributed by atoms with E-state index in [0.717, 1.165) is 6.42 Å². The number of carbonyl (C=O) groups excluding carboxylic acids is 1. The zero-order valence-corrected chi connectivity index (χ0v) is 9.91. The number of aromatic nitrogens is 1. The Morgan fingerprint density at radius 1 is 1.81 bits per heavy atom. The van der Waals surface area contributed by atoms with E-state index in [4.69, 9.17) is 5.73 Å². The first-order valence-corrected chi connectivity index (χ1v) is 6.14. The first-order chi connectivity index (χ1) is 7.58. The lowest BCUT2D eigenvalue weighted by Gasteiger charge is -2.16. The summed E-state index contributed by atoms with van der Waals surface area (Å²) in [7, 11) is 0. The summed E-state index contributed by atoms with van der Waals surface area (Å²) < 4.78 is 0. The number of nitrogens with two attached hydrogens (primary N) is 1. The van der Waals surface area contributed by atoms with E-state index in [1.54, 1.807) is 17.2 Å². The van der Waals surface area contributed by atoms with Crippen LogP contribution in [-0.4, -0.2) is 40.1 Å². The second-order valence-corrected chi connectivity index (χ2v) is 5.00. The highest BCUT2D eigenvalue weighted by Gasteiger charge is 2.30. The van der Waals surface area contributed by atoms with Crippen LogP contribution in [0.1, 0.15) is 23.8 Å². The molecular weight excluding hydrogens is 226 g/mol. The van der Waals surface area contributed by atoms with Gasteiger partial charge in [0.05, 0.1) is 6.10 Å². The van der Waals surface area contributed by atoms with E-state index in [1.807, 2.05) is 0 Å². The molecule has 16 heavy (non-hydrogen) atoms. The van der Waals surface area contributed by atoms with Crippen molar-refractivity contribution < 1.29 is 9.90 Å². The predicted octanol–water partition coefficient (Wildman–Crippen LogP) is 0.568. The summed E-state index contributed by atoms with van der Waals surface area (Å²) >= 11 is 1.27. The topological polar surface area (TPSA) is 79.5 Å². The van der Waals surface area contributed by atoms with Crippen LogP contribution in [0.5, 0.6) is 0 Å². The van der Waals surface area contributed by atoms with Crippen molar-refractivity contribution in [1.82, 2.24) is 9.88 Å². The average molecular weight is 241 g/mol. The Hall–Kier alpha value is -1.14. The molecule has 1 aromatic heterocycles. The van der Waals surface area contributed by atoms with Crippen LogP contribution in [0.15, 0.2) is 5.38 Å². The van der Waals surface area contributed by atoms with Crippen LogP contribution < -0.4 is 5.73 Å². The third kappa shape index (κ3) is 2.17. The summed E-state index contributed by atoms with van der Waals surface area (Å²) in [5, 5.41) is 11.5. The van der Waals surface area contributed by atoms with Crippen LogP contribution in [0.2, 0.25) is 0 Å². The third-order valence-electron chi connectivity index (χ3n) is 2.94. The van der Waals surface area contributed by atoms with Crippen molar-refractivity contribution in [3.05, 3.63) is 11.1 Å². The van der Waals surface area contributed by atoms with Gasteiger partial charge in [-0.3, -0.25) is 4.79 Å². The van der Waals surface area contributed by atoms with Gasteiger partial charge in [0, 0.05) is 24.4 Å². The lowest BCUT2D eigenvalue weighted by molar-refractivity contribution is 0.0757. The van der Waals surface area contributed by atoms with Crippen molar-refractivity contribution in [3.63, 3.8) is 0 Å². The minimum atomic E-state index is -0.363. The fraction of sp³-hybridized carbons (Fsp3) is 0.600. The number of nitrogens with zero attached hydrogens (tertiary/aromatic N) is 2. The van der Waals surface area contributed by atoms with Gasteiger partial charge in [-0.05, 0) is 13.3 Å². The molecule has 0 spiro atoms. The van der Waals surface area contributed by atoms with Crippen LogP contribution in [-0.2, 0) is 0 Å². The van der Waals surface area contributed by atoms with E-state index >= 15 is 0 Å². The molecule has 0 radical (unpaired) electrons. The summed E-state index contributed by atoms with van der Waals surface area (Å²) in [4.78, 5) is 17.7. The SMILES string of the molecule is CC(O)C1CCN(C(=O)c2csc(N)n2)C1. The van der Waals surface area contributed by atoms with E-state index in [0.29, 0.717) is 23.9 Å². The molecule has 1 aliphatic heterocycles. The van der Waals surface area contributed by atoms with Gasteiger partial charge in [-0.1, -0.05) is 0 Å². The smallest absolute Gasteiger partial charge is 0.273 e. The number of thiazole rings is 1. The molecule has 6 heteroatoms. The molecule has 2 rings (SSSR count). The van der Waals surface area contributed by atoms with Crippen LogP contribution in [0.3, 0.4) is 0 Å². The van der Waals surface area contributed by atoms with Crippen molar-refractivity contribution in [2.24, 2.45) is 5.92 Å². The van der Waals surface area contributed by atoms with Crippen molar-refractivity contribution in [1.29, 1.82) is 0 Å². The van der Waals surface area contributed by atoms with Gasteiger partial charge in [0.1, 0.15) is 5.69 Å². The minimum absolute atomic E-state index is 0.0869. The summed E-state index contributed by atoms with van der Waals surface area (Å²) in [6, 6.07) is 0. The molecule has 0 aromatic carbocycles. The zero-order valence-electron chi connectivity index (χ0n) is 9.09. The lowest BCUT2D eigenvalue weighted by Crippen LogP contribution is -2.30. The molecule has 2 atom stereocenters. The van der Waals surface area contributed by atoms with Gasteiger partial charge < -0.3 is 15.7 Å². The summed E-state index contributed by atoms with van der Waals surface area (Å²) in [5.41, 5.74) is 5.90. The molecule has 2 unspecified atom stereocenters. The van der Waals surface area contributed by atoms with E-state index in [9.17, 15) is 9.90 Å². The number of aliphatic hydroxyl groups is 1. The highest BCUT2D eigenvalue weighted by atomic mass is 32.1. The van der Waals surface area contributed by atoms with E-state index < -0.39 is 0 Å². The summed E-state index contributed by atoms with van der Waals surface area (Å²) in [6.07, 6.45) is 0.488. The van der Waals surface area contributed by atoms with Gasteiger partial charge in [0.15, 0.2) is 5.13 Å². The van der Waals surface area contributed by atoms with Gasteiger partial charge in [-0.15, -0.1) is 11.3 Å². The molecule has 2 heterocycles. The molecule has 1 fully saturated rings. The molecule has 1 saturated heterocycles. The third-order valence-corrected chi connectivity index (χ3v) is 3.61.